The lowest BCUT2D eigenvalue weighted by Gasteiger charge is -2.28. The van der Waals surface area contributed by atoms with Gasteiger partial charge in [-0.3, -0.25) is 0 Å². The van der Waals surface area contributed by atoms with Crippen LogP contribution >= 0.6 is 0 Å². The number of pyridine rings is 1. The maximum absolute atomic E-state index is 12.8. The van der Waals surface area contributed by atoms with Gasteiger partial charge in [0.2, 0.25) is 0 Å². The molecule has 4 rings (SSSR count). The second kappa shape index (κ2) is 11.2. The number of carbonyl (C=O) groups excluding carboxylic acids is 1. The largest absolute Gasteiger partial charge is 0.389 e. The number of halogens is 3. The molecule has 2 aliphatic rings. The fraction of sp³-hybridized carbons (Fsp3) is 0.500. The highest BCUT2D eigenvalue weighted by Gasteiger charge is 2.36. The van der Waals surface area contributed by atoms with E-state index in [0.717, 1.165) is 22.5 Å². The fourth-order valence-electron chi connectivity index (χ4n) is 4.63. The van der Waals surface area contributed by atoms with Crippen LogP contribution in [0.3, 0.4) is 0 Å². The van der Waals surface area contributed by atoms with E-state index in [0.29, 0.717) is 50.7 Å². The number of aryl methyl sites for hydroxylation is 1. The summed E-state index contributed by atoms with van der Waals surface area (Å²) in [6.07, 6.45) is -4.77. The zero-order valence-corrected chi connectivity index (χ0v) is 21.9. The van der Waals surface area contributed by atoms with E-state index < -0.39 is 30.1 Å². The van der Waals surface area contributed by atoms with Crippen molar-refractivity contribution in [2.75, 3.05) is 49.6 Å². The molecule has 2 saturated heterocycles. The highest BCUT2D eigenvalue weighted by atomic mass is 19.4. The van der Waals surface area contributed by atoms with Gasteiger partial charge in [-0.1, -0.05) is 12.0 Å². The number of nitrogens with zero attached hydrogens (tertiary/aromatic N) is 3. The van der Waals surface area contributed by atoms with Crippen LogP contribution in [0.15, 0.2) is 30.3 Å². The molecular formula is C28H33F3N4O3. The molecule has 0 spiro atoms. The van der Waals surface area contributed by atoms with Crippen molar-refractivity contribution < 1.29 is 27.8 Å². The van der Waals surface area contributed by atoms with E-state index >= 15 is 0 Å². The number of aromatic nitrogens is 1. The van der Waals surface area contributed by atoms with Gasteiger partial charge in [-0.15, -0.1) is 0 Å². The molecule has 2 aromatic rings. The Morgan fingerprint density at radius 2 is 1.92 bits per heavy atom. The molecule has 10 heteroatoms. The van der Waals surface area contributed by atoms with Crippen LogP contribution in [-0.4, -0.2) is 72.2 Å². The number of aliphatic hydroxyl groups is 1. The molecule has 2 fully saturated rings. The predicted molar refractivity (Wildman–Crippen MR) is 140 cm³/mol. The maximum atomic E-state index is 12.8. The van der Waals surface area contributed by atoms with Crippen molar-refractivity contribution in [3.63, 3.8) is 0 Å². The number of likely N-dealkylation sites (tertiary alicyclic amines) is 1. The minimum Gasteiger partial charge on any atom is -0.378 e. The Balaban J connectivity index is 1.59. The first-order valence-electron chi connectivity index (χ1n) is 12.7. The average Bonchev–Trinajstić information content (AvgIpc) is 3.31. The lowest BCUT2D eigenvalue weighted by Crippen LogP contribution is -2.36. The first-order chi connectivity index (χ1) is 17.9. The monoisotopic (exact) mass is 530 g/mol. The lowest BCUT2D eigenvalue weighted by atomic mass is 9.99. The van der Waals surface area contributed by atoms with Gasteiger partial charge in [-0.05, 0) is 80.0 Å². The number of hydrogen-bond acceptors (Lipinski definition) is 5. The summed E-state index contributed by atoms with van der Waals surface area (Å²) in [4.78, 5) is 21.1. The first kappa shape index (κ1) is 27.7. The van der Waals surface area contributed by atoms with Crippen LogP contribution in [0.5, 0.6) is 0 Å². The average molecular weight is 531 g/mol. The summed E-state index contributed by atoms with van der Waals surface area (Å²) in [5, 5.41) is 12.9. The molecule has 2 amide bonds. The molecule has 38 heavy (non-hydrogen) atoms. The third kappa shape index (κ3) is 7.62. The van der Waals surface area contributed by atoms with Crippen LogP contribution in [0.4, 0.5) is 29.5 Å². The SMILES string of the molecule is Cc1ccc(NC(=O)N2CCC(CC(F)(F)F)C2)cc1-c1cc(C#CC(C)(C)O)nc(N2CCOCC2)c1. The zero-order valence-electron chi connectivity index (χ0n) is 21.9. The number of carbonyl (C=O) groups is 1. The fourth-order valence-corrected chi connectivity index (χ4v) is 4.63. The van der Waals surface area contributed by atoms with Gasteiger partial charge in [0.25, 0.3) is 0 Å². The van der Waals surface area contributed by atoms with E-state index in [1.54, 1.807) is 19.9 Å². The lowest BCUT2D eigenvalue weighted by molar-refractivity contribution is -0.143. The molecule has 2 N–H and O–H groups in total. The summed E-state index contributed by atoms with van der Waals surface area (Å²) < 4.78 is 43.7. The van der Waals surface area contributed by atoms with Crippen molar-refractivity contribution >= 4 is 17.5 Å². The van der Waals surface area contributed by atoms with Gasteiger partial charge in [-0.2, -0.15) is 13.2 Å². The quantitative estimate of drug-likeness (QED) is 0.555. The van der Waals surface area contributed by atoms with E-state index in [9.17, 15) is 23.1 Å². The molecule has 0 aliphatic carbocycles. The summed E-state index contributed by atoms with van der Waals surface area (Å²) >= 11 is 0. The number of amides is 2. The Labute approximate surface area is 221 Å². The molecular weight excluding hydrogens is 497 g/mol. The Hall–Kier alpha value is -3.29. The number of rotatable bonds is 4. The number of hydrogen-bond donors (Lipinski definition) is 2. The van der Waals surface area contributed by atoms with Crippen LogP contribution in [0.2, 0.25) is 0 Å². The molecule has 0 radical (unpaired) electrons. The third-order valence-electron chi connectivity index (χ3n) is 6.54. The second-order valence-electron chi connectivity index (χ2n) is 10.4. The van der Waals surface area contributed by atoms with E-state index in [1.165, 1.54) is 4.90 Å². The van der Waals surface area contributed by atoms with Crippen LogP contribution in [0.25, 0.3) is 11.1 Å². The van der Waals surface area contributed by atoms with Gasteiger partial charge < -0.3 is 25.0 Å². The Morgan fingerprint density at radius 3 is 2.61 bits per heavy atom. The van der Waals surface area contributed by atoms with Gasteiger partial charge >= 0.3 is 12.2 Å². The maximum Gasteiger partial charge on any atom is 0.389 e. The number of benzene rings is 1. The Kier molecular flexibility index (Phi) is 8.19. The second-order valence-corrected chi connectivity index (χ2v) is 10.4. The Morgan fingerprint density at radius 1 is 1.18 bits per heavy atom. The summed E-state index contributed by atoms with van der Waals surface area (Å²) in [5.74, 6) is 5.95. The molecule has 1 aromatic carbocycles. The third-order valence-corrected chi connectivity index (χ3v) is 6.54. The molecule has 1 atom stereocenters. The van der Waals surface area contributed by atoms with E-state index in [-0.39, 0.29) is 6.54 Å². The van der Waals surface area contributed by atoms with Gasteiger partial charge in [0.05, 0.1) is 13.2 Å². The number of anilines is 2. The molecule has 0 saturated carbocycles. The van der Waals surface area contributed by atoms with Crippen molar-refractivity contribution in [2.24, 2.45) is 5.92 Å². The molecule has 0 bridgehead atoms. The van der Waals surface area contributed by atoms with Gasteiger partial charge in [-0.25, -0.2) is 9.78 Å². The topological polar surface area (TPSA) is 77.9 Å². The number of morpholine rings is 1. The molecule has 204 valence electrons. The van der Waals surface area contributed by atoms with Crippen molar-refractivity contribution in [1.82, 2.24) is 9.88 Å². The summed E-state index contributed by atoms with van der Waals surface area (Å²) in [7, 11) is 0. The van der Waals surface area contributed by atoms with Crippen molar-refractivity contribution in [3.05, 3.63) is 41.6 Å². The van der Waals surface area contributed by atoms with Crippen LogP contribution in [-0.2, 0) is 4.74 Å². The minimum atomic E-state index is -4.23. The first-order valence-corrected chi connectivity index (χ1v) is 12.7. The predicted octanol–water partition coefficient (Wildman–Crippen LogP) is 4.82. The van der Waals surface area contributed by atoms with Crippen molar-refractivity contribution in [2.45, 2.75) is 45.4 Å². The van der Waals surface area contributed by atoms with Crippen molar-refractivity contribution in [1.29, 1.82) is 0 Å². The van der Waals surface area contributed by atoms with Gasteiger partial charge in [0, 0.05) is 38.3 Å². The molecule has 2 aliphatic heterocycles. The van der Waals surface area contributed by atoms with Crippen LogP contribution in [0, 0.1) is 24.7 Å². The smallest absolute Gasteiger partial charge is 0.378 e. The van der Waals surface area contributed by atoms with Gasteiger partial charge in [0.1, 0.15) is 17.1 Å². The van der Waals surface area contributed by atoms with Gasteiger partial charge in [0.15, 0.2) is 0 Å². The van der Waals surface area contributed by atoms with E-state index in [2.05, 4.69) is 22.1 Å². The number of urea groups is 1. The van der Waals surface area contributed by atoms with E-state index in [4.69, 9.17) is 9.72 Å². The summed E-state index contributed by atoms with van der Waals surface area (Å²) in [6, 6.07) is 8.92. The number of nitrogens with one attached hydrogen (secondary N) is 1. The van der Waals surface area contributed by atoms with Crippen molar-refractivity contribution in [3.8, 4) is 23.0 Å². The standard InChI is InChI=1S/C28H33F3N4O3/c1-19-4-5-22(33-26(36)35-9-7-20(18-35)17-28(29,30)31)16-24(19)21-14-23(6-8-27(2,3)37)32-25(15-21)34-10-12-38-13-11-34/h4-5,14-16,20,37H,7,9-13,17-18H2,1-3H3,(H,33,36). The summed E-state index contributed by atoms with van der Waals surface area (Å²) in [5.41, 5.74) is 2.56. The normalized spacial score (nSPS) is 18.2. The van der Waals surface area contributed by atoms with Crippen LogP contribution < -0.4 is 10.2 Å². The molecule has 1 aromatic heterocycles. The molecule has 3 heterocycles. The highest BCUT2D eigenvalue weighted by molar-refractivity contribution is 5.90. The zero-order chi connectivity index (χ0) is 27.5. The highest BCUT2D eigenvalue weighted by Crippen LogP contribution is 2.32. The molecule has 1 unspecified atom stereocenters. The number of ether oxygens (including phenoxy) is 1. The van der Waals surface area contributed by atoms with E-state index in [1.807, 2.05) is 31.2 Å². The molecule has 7 nitrogen and oxygen atoms in total. The summed E-state index contributed by atoms with van der Waals surface area (Å²) in [6.45, 7) is 8.12. The minimum absolute atomic E-state index is 0.0839. The Bertz CT molecular complexity index is 1220. The van der Waals surface area contributed by atoms with Crippen LogP contribution in [0.1, 0.15) is 37.9 Å². The number of alkyl halides is 3.